The predicted molar refractivity (Wildman–Crippen MR) is 203 cm³/mol. The van der Waals surface area contributed by atoms with Crippen LogP contribution in [-0.2, 0) is 42.2 Å². The first-order valence-electron chi connectivity index (χ1n) is 15.9. The molecule has 5 aromatic carbocycles. The van der Waals surface area contributed by atoms with Crippen molar-refractivity contribution in [3.63, 3.8) is 0 Å². The minimum Gasteiger partial charge on any atom is -0.874 e. The topological polar surface area (TPSA) is 303 Å². The van der Waals surface area contributed by atoms with E-state index in [0.29, 0.717) is 11.1 Å². The minimum atomic E-state index is -4.15. The van der Waals surface area contributed by atoms with Gasteiger partial charge in [0, 0.05) is 22.7 Å². The molecular weight excluding hydrogens is 881 g/mol. The summed E-state index contributed by atoms with van der Waals surface area (Å²) in [5.74, 6) is -4.02. The smallest absolute Gasteiger partial charge is 0.874 e. The molecule has 0 aliphatic heterocycles. The van der Waals surface area contributed by atoms with Crippen molar-refractivity contribution in [3.05, 3.63) is 113 Å². The fourth-order valence-corrected chi connectivity index (χ4v) is 6.14. The maximum absolute atomic E-state index is 12.4. The summed E-state index contributed by atoms with van der Waals surface area (Å²) >= 11 is 5.89. The number of halogens is 1. The van der Waals surface area contributed by atoms with Crippen molar-refractivity contribution >= 4 is 82.7 Å². The number of nitrogens with zero attached hydrogens (tertiary/aromatic N) is 4. The average Bonchev–Trinajstić information content (AvgIpc) is 3.12. The zero-order chi connectivity index (χ0) is 42.2. The van der Waals surface area contributed by atoms with Gasteiger partial charge < -0.3 is 35.3 Å². The Hall–Kier alpha value is -5.08. The third-order valence-corrected chi connectivity index (χ3v) is 9.28. The number of fused-ring (bicyclic) bond motifs is 1. The number of amides is 1. The summed E-state index contributed by atoms with van der Waals surface area (Å²) in [4.78, 5) is 23.2. The first-order chi connectivity index (χ1) is 26.7. The van der Waals surface area contributed by atoms with Gasteiger partial charge in [-0.15, -0.1) is 16.0 Å². The Bertz CT molecular complexity index is 2720. The van der Waals surface area contributed by atoms with E-state index < -0.39 is 71.0 Å². The number of anilines is 2. The second-order valence-electron chi connectivity index (χ2n) is 11.7. The molecule has 18 nitrogen and oxygen atoms in total. The van der Waals surface area contributed by atoms with Gasteiger partial charge >= 0.3 is 46.9 Å². The molecular formula is C36H30ClCrN7NaO11S2. The first kappa shape index (κ1) is 50.1. The van der Waals surface area contributed by atoms with Crippen LogP contribution in [0, 0.1) is 6.92 Å². The molecule has 5 rings (SSSR count). The number of ether oxygens (including phenoxy) is 1. The fraction of sp³-hybridized carbons (Fsp3) is 0.111. The standard InChI is InChI=1S/C18H16ClN3O5S.C18H18N4O6S.Cr.Na/c1-27-16-9-13(15(24)8-11(16)19)20-21-18-14(23)7-6-10-4-3-5-12(17(10)18)22-28(2,25)26;1-10-5-3-4-6-14(10)20-17(24)16(11(2)23)22-21-15-9-12(29(19,27)28)7-8-13(15)18(25)26;;/h3-9,22-24H,1-2H3;3-9,23H,1-2H3,(H,20,24)(H,25,26)(H2,19,27,28);;/q;;+3;+1/p-4/b;16-11-,22-21?;;. The number of benzene rings is 5. The molecule has 0 unspecified atom stereocenters. The van der Waals surface area contributed by atoms with Crippen LogP contribution in [0.25, 0.3) is 10.8 Å². The molecule has 0 spiro atoms. The van der Waals surface area contributed by atoms with E-state index in [1.807, 2.05) is 0 Å². The van der Waals surface area contributed by atoms with E-state index in [4.69, 9.17) is 21.5 Å². The Balaban J connectivity index is 0.000000394. The van der Waals surface area contributed by atoms with Crippen LogP contribution in [0.4, 0.5) is 28.4 Å². The Labute approximate surface area is 376 Å². The normalized spacial score (nSPS) is 11.8. The second-order valence-corrected chi connectivity index (χ2v) is 15.4. The van der Waals surface area contributed by atoms with E-state index in [9.17, 15) is 46.9 Å². The number of hydrogen-bond acceptors (Lipinski definition) is 15. The van der Waals surface area contributed by atoms with Gasteiger partial charge in [-0.3, -0.25) is 9.52 Å². The number of allylic oxidation sites excluding steroid dienone is 1. The molecule has 1 amide bonds. The molecule has 0 heterocycles. The number of aromatic carboxylic acids is 1. The third kappa shape index (κ3) is 13.5. The van der Waals surface area contributed by atoms with Crippen LogP contribution >= 0.6 is 11.6 Å². The molecule has 0 saturated carbocycles. The first-order valence-corrected chi connectivity index (χ1v) is 19.7. The zero-order valence-corrected chi connectivity index (χ0v) is 37.2. The number of azo groups is 2. The summed E-state index contributed by atoms with van der Waals surface area (Å²) in [5.41, 5.74) is -0.369. The predicted octanol–water partition coefficient (Wildman–Crippen LogP) is 0.758. The van der Waals surface area contributed by atoms with Crippen molar-refractivity contribution < 1.29 is 98.5 Å². The summed E-state index contributed by atoms with van der Waals surface area (Å²) in [6.45, 7) is 2.82. The number of carboxylic acid groups (broad SMARTS) is 1. The number of para-hydroxylation sites is 1. The van der Waals surface area contributed by atoms with Gasteiger partial charge in [-0.1, -0.05) is 72.5 Å². The second kappa shape index (κ2) is 21.3. The SMILES string of the molecule is C/C([O-])=C(/N=Nc1cc(S(N)(=O)=O)ccc1C(=O)[O-])C(=O)Nc1ccccc1C.COc1cc(N=Nc2c([O-])ccc3cccc(NS(C)(=O)=O)c23)c([O-])cc1Cl.[Cr+3].[Na+]. The molecule has 1 radical (unpaired) electrons. The zero-order valence-electron chi connectivity index (χ0n) is 31.5. The largest absolute Gasteiger partial charge is 3.00 e. The third-order valence-electron chi connectivity index (χ3n) is 7.48. The van der Waals surface area contributed by atoms with Crippen molar-refractivity contribution in [2.45, 2.75) is 18.7 Å². The van der Waals surface area contributed by atoms with Crippen LogP contribution in [0.5, 0.6) is 17.2 Å². The molecule has 301 valence electrons. The molecule has 59 heavy (non-hydrogen) atoms. The van der Waals surface area contributed by atoms with Gasteiger partial charge in [-0.05, 0) is 54.3 Å². The Morgan fingerprint density at radius 2 is 1.49 bits per heavy atom. The maximum atomic E-state index is 12.4. The van der Waals surface area contributed by atoms with E-state index in [-0.39, 0.29) is 80.1 Å². The quantitative estimate of drug-likeness (QED) is 0.0719. The number of hydrogen-bond donors (Lipinski definition) is 3. The molecule has 0 aliphatic rings. The number of aryl methyl sites for hydroxylation is 1. The van der Waals surface area contributed by atoms with Crippen LogP contribution in [0.15, 0.2) is 122 Å². The number of nitrogens with two attached hydrogens (primary N) is 1. The van der Waals surface area contributed by atoms with Gasteiger partial charge in [0.05, 0.1) is 52.0 Å². The number of primary sulfonamides is 1. The van der Waals surface area contributed by atoms with Crippen molar-refractivity contribution in [2.24, 2.45) is 25.6 Å². The van der Waals surface area contributed by atoms with E-state index >= 15 is 0 Å². The minimum absolute atomic E-state index is 0. The van der Waals surface area contributed by atoms with Crippen LogP contribution < -0.4 is 69.9 Å². The van der Waals surface area contributed by atoms with Gasteiger partial charge in [-0.25, -0.2) is 22.0 Å². The number of nitrogens with one attached hydrogen (secondary N) is 2. The number of carbonyl (C=O) groups is 2. The molecule has 0 aromatic heterocycles. The van der Waals surface area contributed by atoms with Crippen molar-refractivity contribution in [3.8, 4) is 17.2 Å². The van der Waals surface area contributed by atoms with E-state index in [1.54, 1.807) is 49.4 Å². The van der Waals surface area contributed by atoms with Gasteiger partial charge in [0.1, 0.15) is 11.4 Å². The van der Waals surface area contributed by atoms with Gasteiger partial charge in [0.15, 0.2) is 0 Å². The Morgan fingerprint density at radius 3 is 2.08 bits per heavy atom. The maximum Gasteiger partial charge on any atom is 3.00 e. The number of rotatable bonds is 11. The summed E-state index contributed by atoms with van der Waals surface area (Å²) in [5, 5.41) is 70.9. The van der Waals surface area contributed by atoms with Crippen LogP contribution in [0.3, 0.4) is 0 Å². The van der Waals surface area contributed by atoms with Gasteiger partial charge in [-0.2, -0.15) is 10.2 Å². The molecule has 0 bridgehead atoms. The molecule has 0 fully saturated rings. The van der Waals surface area contributed by atoms with Gasteiger partial charge in [0.2, 0.25) is 20.0 Å². The molecule has 0 aliphatic carbocycles. The van der Waals surface area contributed by atoms with Crippen molar-refractivity contribution in [1.82, 2.24) is 0 Å². The Morgan fingerprint density at radius 1 is 0.831 bits per heavy atom. The summed E-state index contributed by atoms with van der Waals surface area (Å²) < 4.78 is 53.7. The molecule has 0 saturated heterocycles. The van der Waals surface area contributed by atoms with E-state index in [0.717, 1.165) is 43.0 Å². The number of sulfonamides is 2. The number of carbonyl (C=O) groups excluding carboxylic acids is 2. The monoisotopic (exact) mass is 910 g/mol. The van der Waals surface area contributed by atoms with Crippen LogP contribution in [0.2, 0.25) is 5.02 Å². The fourth-order valence-electron chi connectivity index (χ4n) is 4.81. The Kier molecular flexibility index (Phi) is 18.0. The van der Waals surface area contributed by atoms with E-state index in [2.05, 4.69) is 30.5 Å². The molecule has 5 aromatic rings. The molecule has 4 N–H and O–H groups in total. The molecule has 23 heteroatoms. The summed E-state index contributed by atoms with van der Waals surface area (Å²) in [6.07, 6.45) is 0.998. The average molecular weight is 911 g/mol. The van der Waals surface area contributed by atoms with Crippen LogP contribution in [0.1, 0.15) is 22.8 Å². The van der Waals surface area contributed by atoms with Crippen molar-refractivity contribution in [2.75, 3.05) is 23.4 Å². The van der Waals surface area contributed by atoms with Gasteiger partial charge in [0.25, 0.3) is 5.91 Å². The number of methoxy groups -OCH3 is 1. The van der Waals surface area contributed by atoms with Crippen LogP contribution in [-0.4, -0.2) is 42.1 Å². The summed E-state index contributed by atoms with van der Waals surface area (Å²) in [7, 11) is -6.36. The number of carboxylic acids is 1. The summed E-state index contributed by atoms with van der Waals surface area (Å²) in [6, 6.07) is 19.7. The van der Waals surface area contributed by atoms with Crippen molar-refractivity contribution in [1.29, 1.82) is 0 Å². The molecule has 0 atom stereocenters. The van der Waals surface area contributed by atoms with E-state index in [1.165, 1.54) is 25.3 Å².